The average Bonchev–Trinajstić information content (AvgIpc) is 2.54. The van der Waals surface area contributed by atoms with Crippen LogP contribution in [-0.2, 0) is 9.59 Å². The van der Waals surface area contributed by atoms with Crippen LogP contribution in [0.4, 0.5) is 5.69 Å². The van der Waals surface area contributed by atoms with Crippen molar-refractivity contribution in [3.05, 3.63) is 29.8 Å². The predicted molar refractivity (Wildman–Crippen MR) is 92.1 cm³/mol. The number of primary amides is 1. The third-order valence-electron chi connectivity index (χ3n) is 4.65. The molecule has 1 aliphatic heterocycles. The first-order valence-electron chi connectivity index (χ1n) is 8.41. The monoisotopic (exact) mass is 317 g/mol. The molecule has 5 nitrogen and oxygen atoms in total. The zero-order chi connectivity index (χ0) is 16.8. The van der Waals surface area contributed by atoms with E-state index in [9.17, 15) is 9.59 Å². The highest BCUT2D eigenvalue weighted by Crippen LogP contribution is 2.26. The summed E-state index contributed by atoms with van der Waals surface area (Å²) >= 11 is 0. The smallest absolute Gasteiger partial charge is 0.238 e. The van der Waals surface area contributed by atoms with Gasteiger partial charge in [-0.15, -0.1) is 0 Å². The Kier molecular flexibility index (Phi) is 6.16. The molecule has 0 saturated carbocycles. The Morgan fingerprint density at radius 2 is 2.13 bits per heavy atom. The maximum absolute atomic E-state index is 12.4. The summed E-state index contributed by atoms with van der Waals surface area (Å²) in [6.45, 7) is 6.02. The van der Waals surface area contributed by atoms with E-state index in [0.717, 1.165) is 37.1 Å². The number of amides is 2. The lowest BCUT2D eigenvalue weighted by Gasteiger charge is -2.30. The lowest BCUT2D eigenvalue weighted by Crippen LogP contribution is -2.44. The van der Waals surface area contributed by atoms with E-state index in [1.165, 1.54) is 0 Å². The Morgan fingerprint density at radius 1 is 1.39 bits per heavy atom. The summed E-state index contributed by atoms with van der Waals surface area (Å²) in [5, 5.41) is 3.02. The molecule has 1 saturated heterocycles. The largest absolute Gasteiger partial charge is 0.369 e. The molecule has 1 aliphatic rings. The number of para-hydroxylation sites is 1. The van der Waals surface area contributed by atoms with E-state index in [-0.39, 0.29) is 17.7 Å². The highest BCUT2D eigenvalue weighted by molar-refractivity contribution is 5.93. The average molecular weight is 317 g/mol. The van der Waals surface area contributed by atoms with Crippen molar-refractivity contribution >= 4 is 17.5 Å². The van der Waals surface area contributed by atoms with E-state index >= 15 is 0 Å². The van der Waals surface area contributed by atoms with Gasteiger partial charge >= 0.3 is 0 Å². The quantitative estimate of drug-likeness (QED) is 0.845. The van der Waals surface area contributed by atoms with Gasteiger partial charge in [-0.2, -0.15) is 0 Å². The van der Waals surface area contributed by atoms with Crippen LogP contribution in [0.3, 0.4) is 0 Å². The van der Waals surface area contributed by atoms with E-state index in [0.29, 0.717) is 19.0 Å². The van der Waals surface area contributed by atoms with Crippen molar-refractivity contribution in [3.63, 3.8) is 0 Å². The number of nitrogens with zero attached hydrogens (tertiary/aromatic N) is 1. The summed E-state index contributed by atoms with van der Waals surface area (Å²) in [5.41, 5.74) is 7.43. The summed E-state index contributed by atoms with van der Waals surface area (Å²) in [6.07, 6.45) is 2.76. The first-order valence-corrected chi connectivity index (χ1v) is 8.41. The second kappa shape index (κ2) is 8.11. The number of benzene rings is 1. The number of anilines is 1. The number of carbonyl (C=O) groups is 2. The van der Waals surface area contributed by atoms with Crippen LogP contribution < -0.4 is 11.1 Å². The van der Waals surface area contributed by atoms with Crippen LogP contribution in [0, 0.1) is 5.92 Å². The second-order valence-corrected chi connectivity index (χ2v) is 6.42. The van der Waals surface area contributed by atoms with Crippen LogP contribution in [0.1, 0.15) is 44.6 Å². The molecule has 0 aromatic heterocycles. The molecule has 1 fully saturated rings. The number of piperidine rings is 1. The van der Waals surface area contributed by atoms with Crippen LogP contribution in [0.5, 0.6) is 0 Å². The first-order chi connectivity index (χ1) is 11.0. The number of carbonyl (C=O) groups excluding carboxylic acids is 2. The summed E-state index contributed by atoms with van der Waals surface area (Å²) in [6, 6.07) is 7.94. The van der Waals surface area contributed by atoms with Crippen molar-refractivity contribution in [2.24, 2.45) is 11.7 Å². The molecule has 2 atom stereocenters. The molecule has 126 valence electrons. The van der Waals surface area contributed by atoms with Crippen LogP contribution in [0.2, 0.25) is 0 Å². The van der Waals surface area contributed by atoms with Gasteiger partial charge in [0, 0.05) is 12.2 Å². The minimum Gasteiger partial charge on any atom is -0.369 e. The molecule has 1 aromatic carbocycles. The Labute approximate surface area is 138 Å². The van der Waals surface area contributed by atoms with Crippen LogP contribution in [-0.4, -0.2) is 36.3 Å². The maximum atomic E-state index is 12.4. The van der Waals surface area contributed by atoms with E-state index in [2.05, 4.69) is 25.2 Å². The molecular formula is C18H27N3O2. The van der Waals surface area contributed by atoms with Gasteiger partial charge in [0.25, 0.3) is 0 Å². The predicted octanol–water partition coefficient (Wildman–Crippen LogP) is 2.34. The lowest BCUT2D eigenvalue weighted by molar-refractivity contribution is -0.125. The van der Waals surface area contributed by atoms with Gasteiger partial charge in [-0.25, -0.2) is 0 Å². The lowest BCUT2D eigenvalue weighted by atomic mass is 9.96. The Hall–Kier alpha value is -1.88. The molecule has 23 heavy (non-hydrogen) atoms. The normalized spacial score (nSPS) is 20.0. The SMILES string of the molecule is CC[C@@H](C)c1ccccc1NC(=O)CN1CCC[C@H](C(N)=O)C1. The zero-order valence-electron chi connectivity index (χ0n) is 14.0. The number of nitrogens with two attached hydrogens (primary N) is 1. The van der Waals surface area contributed by atoms with Gasteiger partial charge in [-0.05, 0) is 43.4 Å². The number of hydrogen-bond acceptors (Lipinski definition) is 3. The molecule has 2 amide bonds. The third-order valence-corrected chi connectivity index (χ3v) is 4.65. The molecule has 1 heterocycles. The van der Waals surface area contributed by atoms with E-state index in [1.807, 2.05) is 23.1 Å². The van der Waals surface area contributed by atoms with Gasteiger partial charge in [0.1, 0.15) is 0 Å². The summed E-state index contributed by atoms with van der Waals surface area (Å²) < 4.78 is 0. The van der Waals surface area contributed by atoms with Crippen LogP contribution in [0.25, 0.3) is 0 Å². The van der Waals surface area contributed by atoms with Crippen molar-refractivity contribution < 1.29 is 9.59 Å². The molecule has 3 N–H and O–H groups in total. The summed E-state index contributed by atoms with van der Waals surface area (Å²) in [4.78, 5) is 25.7. The standard InChI is InChI=1S/C18H27N3O2/c1-3-13(2)15-8-4-5-9-16(15)20-17(22)12-21-10-6-7-14(11-21)18(19)23/h4-5,8-9,13-14H,3,6-7,10-12H2,1-2H3,(H2,19,23)(H,20,22)/t13-,14+/m1/s1. The van der Waals surface area contributed by atoms with Gasteiger partial charge < -0.3 is 11.1 Å². The summed E-state index contributed by atoms with van der Waals surface area (Å²) in [7, 11) is 0. The fourth-order valence-electron chi connectivity index (χ4n) is 3.08. The Balaban J connectivity index is 1.96. The van der Waals surface area contributed by atoms with Gasteiger partial charge in [0.05, 0.1) is 12.5 Å². The van der Waals surface area contributed by atoms with Gasteiger partial charge in [0.15, 0.2) is 0 Å². The van der Waals surface area contributed by atoms with Crippen molar-refractivity contribution in [2.45, 2.75) is 39.0 Å². The molecular weight excluding hydrogens is 290 g/mol. The van der Waals surface area contributed by atoms with Gasteiger partial charge in [-0.1, -0.05) is 32.0 Å². The molecule has 2 rings (SSSR count). The first kappa shape index (κ1) is 17.5. The van der Waals surface area contributed by atoms with Crippen molar-refractivity contribution in [2.75, 3.05) is 25.0 Å². The number of hydrogen-bond donors (Lipinski definition) is 2. The zero-order valence-corrected chi connectivity index (χ0v) is 14.0. The van der Waals surface area contributed by atoms with Crippen molar-refractivity contribution in [1.82, 2.24) is 4.90 Å². The van der Waals surface area contributed by atoms with Gasteiger partial charge in [0.2, 0.25) is 11.8 Å². The molecule has 0 bridgehead atoms. The fourth-order valence-corrected chi connectivity index (χ4v) is 3.08. The maximum Gasteiger partial charge on any atom is 0.238 e. The van der Waals surface area contributed by atoms with E-state index < -0.39 is 0 Å². The highest BCUT2D eigenvalue weighted by atomic mass is 16.2. The van der Waals surface area contributed by atoms with Crippen LogP contribution >= 0.6 is 0 Å². The second-order valence-electron chi connectivity index (χ2n) is 6.42. The summed E-state index contributed by atoms with van der Waals surface area (Å²) in [5.74, 6) is -0.0345. The topological polar surface area (TPSA) is 75.4 Å². The number of likely N-dealkylation sites (tertiary alicyclic amines) is 1. The number of rotatable bonds is 6. The molecule has 0 spiro atoms. The molecule has 0 aliphatic carbocycles. The Morgan fingerprint density at radius 3 is 2.83 bits per heavy atom. The molecule has 0 radical (unpaired) electrons. The molecule has 5 heteroatoms. The van der Waals surface area contributed by atoms with Crippen molar-refractivity contribution in [3.8, 4) is 0 Å². The minimum absolute atomic E-state index is 0.0362. The van der Waals surface area contributed by atoms with E-state index in [1.54, 1.807) is 0 Å². The Bertz CT molecular complexity index is 559. The highest BCUT2D eigenvalue weighted by Gasteiger charge is 2.25. The van der Waals surface area contributed by atoms with Gasteiger partial charge in [-0.3, -0.25) is 14.5 Å². The minimum atomic E-state index is -0.266. The molecule has 0 unspecified atom stereocenters. The van der Waals surface area contributed by atoms with E-state index in [4.69, 9.17) is 5.73 Å². The third kappa shape index (κ3) is 4.79. The molecule has 1 aromatic rings. The fraction of sp³-hybridized carbons (Fsp3) is 0.556. The number of nitrogens with one attached hydrogen (secondary N) is 1. The van der Waals surface area contributed by atoms with Crippen LogP contribution in [0.15, 0.2) is 24.3 Å². The van der Waals surface area contributed by atoms with Crippen molar-refractivity contribution in [1.29, 1.82) is 0 Å².